The van der Waals surface area contributed by atoms with E-state index in [-0.39, 0.29) is 11.3 Å². The maximum absolute atomic E-state index is 15.1. The molecule has 0 aromatic heterocycles. The third-order valence-electron chi connectivity index (χ3n) is 16.5. The molecule has 4 fully saturated rings. The van der Waals surface area contributed by atoms with E-state index in [2.05, 4.69) is 82.9 Å². The Hall–Kier alpha value is -3.80. The van der Waals surface area contributed by atoms with Crippen LogP contribution in [0.2, 0.25) is 9.94 Å². The van der Waals surface area contributed by atoms with Crippen LogP contribution in [0.15, 0.2) is 94.2 Å². The predicted molar refractivity (Wildman–Crippen MR) is 240 cm³/mol. The molecule has 1 radical (unpaired) electrons. The minimum atomic E-state index is -3.45. The molecule has 3 heterocycles. The van der Waals surface area contributed by atoms with Crippen molar-refractivity contribution in [2.75, 3.05) is 37.0 Å². The van der Waals surface area contributed by atoms with E-state index in [9.17, 15) is 12.7 Å². The number of anilines is 1. The van der Waals surface area contributed by atoms with E-state index in [0.717, 1.165) is 54.5 Å². The molecule has 2 saturated carbocycles. The molecule has 325 valence electrons. The van der Waals surface area contributed by atoms with Gasteiger partial charge in [-0.05, 0) is 0 Å². The van der Waals surface area contributed by atoms with Gasteiger partial charge in [0.05, 0.1) is 0 Å². The van der Waals surface area contributed by atoms with Gasteiger partial charge in [0.25, 0.3) is 0 Å². The summed E-state index contributed by atoms with van der Waals surface area (Å²) < 4.78 is 45.9. The van der Waals surface area contributed by atoms with Crippen LogP contribution in [-0.4, -0.2) is 101 Å². The van der Waals surface area contributed by atoms with Crippen LogP contribution in [0.4, 0.5) is 21.0 Å². The Morgan fingerprint density at radius 2 is 1.42 bits per heavy atom. The van der Waals surface area contributed by atoms with Crippen molar-refractivity contribution in [1.82, 2.24) is 9.80 Å². The van der Waals surface area contributed by atoms with Crippen LogP contribution < -0.4 is 3.15 Å². The first-order valence-corrected chi connectivity index (χ1v) is 30.9. The van der Waals surface area contributed by atoms with Gasteiger partial charge in [0.1, 0.15) is 0 Å². The van der Waals surface area contributed by atoms with Gasteiger partial charge in [-0.15, -0.1) is 0 Å². The molecule has 0 N–H and O–H groups in total. The molecule has 10 nitrogen and oxygen atoms in total. The molecule has 6 aliphatic rings. The topological polar surface area (TPSA) is 109 Å². The molecule has 0 unspecified atom stereocenters. The van der Waals surface area contributed by atoms with Crippen molar-refractivity contribution < 1.29 is 25.3 Å². The summed E-state index contributed by atoms with van der Waals surface area (Å²) in [6.07, 6.45) is 7.58. The Labute approximate surface area is 379 Å². The number of rotatable bonds is 7. The first-order chi connectivity index (χ1) is 30.0. The summed E-state index contributed by atoms with van der Waals surface area (Å²) in [7, 11) is 2.86. The zero-order valence-corrected chi connectivity index (χ0v) is 41.1. The van der Waals surface area contributed by atoms with Gasteiger partial charge in [0.2, 0.25) is 0 Å². The van der Waals surface area contributed by atoms with Gasteiger partial charge < -0.3 is 0 Å². The van der Waals surface area contributed by atoms with E-state index < -0.39 is 73.8 Å². The number of para-hydroxylation sites is 1. The summed E-state index contributed by atoms with van der Waals surface area (Å²) in [6.45, 7) is 3.64. The van der Waals surface area contributed by atoms with E-state index in [1.165, 1.54) is 49.3 Å². The van der Waals surface area contributed by atoms with Gasteiger partial charge in [-0.2, -0.15) is 0 Å². The molecular formula is C50H57N4O6Te2. The Morgan fingerprint density at radius 3 is 2.16 bits per heavy atom. The summed E-state index contributed by atoms with van der Waals surface area (Å²) in [5.74, 6) is 0.807. The number of hydrogen-bond acceptors (Lipinski definition) is 7. The van der Waals surface area contributed by atoms with E-state index >= 15 is 3.10 Å². The molecule has 2 amide bonds. The number of methoxy groups -OCH3 is 2. The van der Waals surface area contributed by atoms with Crippen molar-refractivity contribution >= 4 is 62.7 Å². The Morgan fingerprint density at radius 1 is 0.726 bits per heavy atom. The molecule has 10 rings (SSSR count). The molecule has 2 saturated heterocycles. The Kier molecular flexibility index (Phi) is 10.7. The fourth-order valence-electron chi connectivity index (χ4n) is 14.4. The molecule has 3 aliphatic carbocycles. The van der Waals surface area contributed by atoms with Crippen LogP contribution in [0.5, 0.6) is 0 Å². The molecule has 0 bridgehead atoms. The monoisotopic (exact) mass is 1070 g/mol. The van der Waals surface area contributed by atoms with E-state index in [4.69, 9.17) is 12.7 Å². The zero-order valence-electron chi connectivity index (χ0n) is 36.4. The van der Waals surface area contributed by atoms with E-state index in [0.29, 0.717) is 44.1 Å². The average Bonchev–Trinajstić information content (AvgIpc) is 4.13. The van der Waals surface area contributed by atoms with Gasteiger partial charge in [0, 0.05) is 0 Å². The number of amides is 2. The van der Waals surface area contributed by atoms with Crippen molar-refractivity contribution in [1.29, 1.82) is 0 Å². The number of fused-ring (bicyclic) bond motifs is 6. The number of carbonyl (C=O) groups is 2. The van der Waals surface area contributed by atoms with E-state index in [1.54, 1.807) is 9.87 Å². The number of benzene rings is 4. The third-order valence-corrected chi connectivity index (χ3v) is 20.5. The van der Waals surface area contributed by atoms with Crippen molar-refractivity contribution in [3.63, 3.8) is 0 Å². The summed E-state index contributed by atoms with van der Waals surface area (Å²) >= 11 is -6.46. The van der Waals surface area contributed by atoms with Crippen LogP contribution in [0.1, 0.15) is 97.2 Å². The number of likely N-dealkylation sites (tertiary alicyclic amines) is 2. The molecule has 12 heteroatoms. The maximum atomic E-state index is 15.1. The fraction of sp³-hybridized carbons (Fsp3) is 0.480. The first-order valence-electron chi connectivity index (χ1n) is 22.3. The van der Waals surface area contributed by atoms with Gasteiger partial charge in [-0.3, -0.25) is 0 Å². The average molecular weight is 1070 g/mol. The fourth-order valence-corrected chi connectivity index (χ4v) is 18.5. The molecule has 4 aromatic rings. The second-order valence-corrected chi connectivity index (χ2v) is 25.2. The van der Waals surface area contributed by atoms with Gasteiger partial charge >= 0.3 is 382 Å². The molecular weight excluding hydrogens is 1010 g/mol. The number of nitrogens with zero attached hydrogens (tertiary/aromatic N) is 4. The second-order valence-electron chi connectivity index (χ2n) is 18.7. The van der Waals surface area contributed by atoms with Crippen LogP contribution in [0.3, 0.4) is 0 Å². The Bertz CT molecular complexity index is 2590. The molecule has 3 aliphatic heterocycles. The number of carbonyl (C=O) groups excluding carboxylic acids is 2. The second kappa shape index (κ2) is 15.7. The minimum absolute atomic E-state index is 0.0326. The summed E-state index contributed by atoms with van der Waals surface area (Å²) in [5.41, 5.74) is 8.31. The van der Waals surface area contributed by atoms with Crippen molar-refractivity contribution in [3.05, 3.63) is 130 Å². The standard InChI is InChI=1S/C50H57N4O6Te2/c1-33-14-12-25-49(33,37-17-10-16-36(31-37)48-24-13-18-35(48)30-34-15-6-7-19-38(34)48)50-27-29-53(46(56)60-3)44(50)54(62(5)58)43-40(21-11-22-41(43)50)47(26-28-52(32-47)45(55)59-2)39-20-8-9-23-42(39)51-61(4)57/h6-11,15-17,19-23,31,33,35,44H,12-14,18,24-30,32H2,1-5H3/t33-,35+,44-,47-,48+,49-,50-/m1/s1. The van der Waals surface area contributed by atoms with E-state index in [1.807, 2.05) is 28.1 Å². The predicted octanol–water partition coefficient (Wildman–Crippen LogP) is 9.70. The van der Waals surface area contributed by atoms with Crippen LogP contribution in [-0.2, 0) is 43.8 Å². The van der Waals surface area contributed by atoms with Crippen molar-refractivity contribution in [3.8, 4) is 0 Å². The quantitative estimate of drug-likeness (QED) is 0.170. The molecule has 0 spiro atoms. The number of hydrogen-bond donors (Lipinski definition) is 0. The van der Waals surface area contributed by atoms with Crippen molar-refractivity contribution in [2.24, 2.45) is 15.0 Å². The molecule has 4 aromatic carbocycles. The number of ether oxygens (including phenoxy) is 2. The van der Waals surface area contributed by atoms with Crippen LogP contribution in [0, 0.1) is 11.8 Å². The third kappa shape index (κ3) is 5.77. The Balaban J connectivity index is 1.25. The normalized spacial score (nSPS) is 31.0. The van der Waals surface area contributed by atoms with Crippen LogP contribution in [0.25, 0.3) is 0 Å². The summed E-state index contributed by atoms with van der Waals surface area (Å²) in [4.78, 5) is 34.8. The molecule has 62 heavy (non-hydrogen) atoms. The van der Waals surface area contributed by atoms with Gasteiger partial charge in [0.15, 0.2) is 0 Å². The SMILES string of the molecule is COC(=O)N1CC[C@@](c2ccccc2N=[Te](C)=O)(c2cccc3c2N([Te](C)=O)[C@H]2N(C(=O)OC)CC[C@@]32[C@]2(c3cccc([C@]45CCC[C@H]4Cc4ccccc45)c3)CCC[C@H]2C)C1. The summed E-state index contributed by atoms with van der Waals surface area (Å²) in [5, 5.41) is 0. The first kappa shape index (κ1) is 42.2. The molecule has 7 atom stereocenters. The van der Waals surface area contributed by atoms with Gasteiger partial charge in [-0.25, -0.2) is 0 Å². The van der Waals surface area contributed by atoms with Crippen LogP contribution >= 0.6 is 0 Å². The van der Waals surface area contributed by atoms with Crippen molar-refractivity contribution in [2.45, 2.75) is 102 Å². The summed E-state index contributed by atoms with van der Waals surface area (Å²) in [6, 6.07) is 33.2. The van der Waals surface area contributed by atoms with Gasteiger partial charge in [-0.1, -0.05) is 0 Å². The zero-order chi connectivity index (χ0) is 43.2.